The molecule has 112 valence electrons. The van der Waals surface area contributed by atoms with E-state index in [9.17, 15) is 9.59 Å². The average molecular weight is 296 g/mol. The fourth-order valence-electron chi connectivity index (χ4n) is 2.01. The minimum atomic E-state index is -0.478. The number of likely N-dealkylation sites (N-methyl/N-ethyl adjacent to an activating group) is 1. The second-order valence-electron chi connectivity index (χ2n) is 5.79. The third kappa shape index (κ3) is 4.63. The molecule has 1 rings (SSSR count). The number of carbonyl (C=O) groups is 2. The van der Waals surface area contributed by atoms with Crippen LogP contribution in [0.2, 0.25) is 0 Å². The minimum Gasteiger partial charge on any atom is -0.344 e. The van der Waals surface area contributed by atoms with Crippen LogP contribution in [-0.4, -0.2) is 36.3 Å². The van der Waals surface area contributed by atoms with Crippen molar-refractivity contribution in [2.45, 2.75) is 33.7 Å². The SMILES string of the molecule is CC(C)CN(C)C(=O)C(NC(=O)c1cccs1)C(C)C. The summed E-state index contributed by atoms with van der Waals surface area (Å²) in [6, 6.07) is 3.12. The lowest BCUT2D eigenvalue weighted by Gasteiger charge is -2.28. The molecule has 0 aliphatic rings. The Morgan fingerprint density at radius 2 is 1.95 bits per heavy atom. The summed E-state index contributed by atoms with van der Waals surface area (Å²) in [5.74, 6) is 0.259. The second-order valence-corrected chi connectivity index (χ2v) is 6.73. The van der Waals surface area contributed by atoms with E-state index in [2.05, 4.69) is 19.2 Å². The lowest BCUT2D eigenvalue weighted by molar-refractivity contribution is -0.133. The number of nitrogens with zero attached hydrogens (tertiary/aromatic N) is 1. The van der Waals surface area contributed by atoms with Crippen LogP contribution in [-0.2, 0) is 4.79 Å². The van der Waals surface area contributed by atoms with Gasteiger partial charge in [-0.1, -0.05) is 33.8 Å². The number of amides is 2. The first-order valence-corrected chi connectivity index (χ1v) is 7.80. The molecule has 1 N–H and O–H groups in total. The molecule has 20 heavy (non-hydrogen) atoms. The molecule has 4 nitrogen and oxygen atoms in total. The predicted octanol–water partition coefficient (Wildman–Crippen LogP) is 2.62. The normalized spacial score (nSPS) is 12.6. The van der Waals surface area contributed by atoms with Crippen molar-refractivity contribution >= 4 is 23.2 Å². The molecule has 0 saturated carbocycles. The van der Waals surface area contributed by atoms with Crippen LogP contribution >= 0.6 is 11.3 Å². The second kappa shape index (κ2) is 7.43. The van der Waals surface area contributed by atoms with Gasteiger partial charge in [-0.25, -0.2) is 0 Å². The standard InChI is InChI=1S/C15H24N2O2S/c1-10(2)9-17(5)15(19)13(11(3)4)16-14(18)12-7-6-8-20-12/h6-8,10-11,13H,9H2,1-5H3,(H,16,18). The quantitative estimate of drug-likeness (QED) is 0.877. The van der Waals surface area contributed by atoms with Gasteiger partial charge < -0.3 is 10.2 Å². The summed E-state index contributed by atoms with van der Waals surface area (Å²) >= 11 is 1.38. The van der Waals surface area contributed by atoms with Gasteiger partial charge in [-0.15, -0.1) is 11.3 Å². The third-order valence-electron chi connectivity index (χ3n) is 2.98. The van der Waals surface area contributed by atoms with Crippen LogP contribution in [0.5, 0.6) is 0 Å². The van der Waals surface area contributed by atoms with Gasteiger partial charge in [-0.05, 0) is 23.3 Å². The van der Waals surface area contributed by atoms with Crippen molar-refractivity contribution in [3.63, 3.8) is 0 Å². The van der Waals surface area contributed by atoms with Crippen molar-refractivity contribution < 1.29 is 9.59 Å². The Kier molecular flexibility index (Phi) is 6.20. The Hall–Kier alpha value is -1.36. The van der Waals surface area contributed by atoms with E-state index in [1.165, 1.54) is 11.3 Å². The number of carbonyl (C=O) groups excluding carboxylic acids is 2. The highest BCUT2D eigenvalue weighted by Crippen LogP contribution is 2.12. The Morgan fingerprint density at radius 1 is 1.30 bits per heavy atom. The van der Waals surface area contributed by atoms with E-state index in [4.69, 9.17) is 0 Å². The van der Waals surface area contributed by atoms with Gasteiger partial charge in [0, 0.05) is 13.6 Å². The molecule has 5 heteroatoms. The molecule has 0 fully saturated rings. The molecule has 0 aliphatic heterocycles. The lowest BCUT2D eigenvalue weighted by atomic mass is 10.0. The smallest absolute Gasteiger partial charge is 0.262 e. The van der Waals surface area contributed by atoms with E-state index in [0.29, 0.717) is 17.3 Å². The Bertz CT molecular complexity index is 441. The van der Waals surface area contributed by atoms with Gasteiger partial charge in [0.25, 0.3) is 5.91 Å². The zero-order chi connectivity index (χ0) is 15.3. The summed E-state index contributed by atoms with van der Waals surface area (Å²) in [6.45, 7) is 8.72. The highest BCUT2D eigenvalue weighted by atomic mass is 32.1. The van der Waals surface area contributed by atoms with Crippen molar-refractivity contribution in [3.05, 3.63) is 22.4 Å². The van der Waals surface area contributed by atoms with Crippen molar-refractivity contribution in [2.75, 3.05) is 13.6 Å². The molecule has 0 radical (unpaired) electrons. The van der Waals surface area contributed by atoms with Crippen molar-refractivity contribution in [1.82, 2.24) is 10.2 Å². The maximum absolute atomic E-state index is 12.4. The van der Waals surface area contributed by atoms with Crippen LogP contribution in [0.4, 0.5) is 0 Å². The lowest BCUT2D eigenvalue weighted by Crippen LogP contribution is -2.50. The van der Waals surface area contributed by atoms with Gasteiger partial charge in [0.15, 0.2) is 0 Å². The molecule has 1 aromatic rings. The molecule has 0 bridgehead atoms. The van der Waals surface area contributed by atoms with E-state index in [0.717, 1.165) is 0 Å². The van der Waals surface area contributed by atoms with Gasteiger partial charge in [-0.2, -0.15) is 0 Å². The highest BCUT2D eigenvalue weighted by molar-refractivity contribution is 7.12. The average Bonchev–Trinajstić information content (AvgIpc) is 2.87. The van der Waals surface area contributed by atoms with E-state index in [1.54, 1.807) is 18.0 Å². The minimum absolute atomic E-state index is 0.0291. The first kappa shape index (κ1) is 16.7. The summed E-state index contributed by atoms with van der Waals surface area (Å²) in [4.78, 5) is 26.9. The Labute approximate surface area is 125 Å². The monoisotopic (exact) mass is 296 g/mol. The first-order chi connectivity index (χ1) is 9.32. The van der Waals surface area contributed by atoms with Gasteiger partial charge >= 0.3 is 0 Å². The highest BCUT2D eigenvalue weighted by Gasteiger charge is 2.27. The summed E-state index contributed by atoms with van der Waals surface area (Å²) in [6.07, 6.45) is 0. The molecule has 2 amide bonds. The number of hydrogen-bond acceptors (Lipinski definition) is 3. The van der Waals surface area contributed by atoms with Gasteiger partial charge in [0.2, 0.25) is 5.91 Å². The number of hydrogen-bond donors (Lipinski definition) is 1. The topological polar surface area (TPSA) is 49.4 Å². The van der Waals surface area contributed by atoms with Crippen LogP contribution in [0.25, 0.3) is 0 Å². The molecular weight excluding hydrogens is 272 g/mol. The van der Waals surface area contributed by atoms with E-state index in [-0.39, 0.29) is 17.7 Å². The molecule has 1 heterocycles. The predicted molar refractivity (Wildman–Crippen MR) is 82.9 cm³/mol. The Balaban J connectivity index is 2.74. The van der Waals surface area contributed by atoms with Gasteiger partial charge in [0.05, 0.1) is 4.88 Å². The van der Waals surface area contributed by atoms with E-state index < -0.39 is 6.04 Å². The van der Waals surface area contributed by atoms with E-state index in [1.807, 2.05) is 25.3 Å². The molecule has 0 aliphatic carbocycles. The fraction of sp³-hybridized carbons (Fsp3) is 0.600. The zero-order valence-corrected chi connectivity index (χ0v) is 13.7. The van der Waals surface area contributed by atoms with Crippen molar-refractivity contribution in [1.29, 1.82) is 0 Å². The van der Waals surface area contributed by atoms with Gasteiger partial charge in [0.1, 0.15) is 6.04 Å². The van der Waals surface area contributed by atoms with Gasteiger partial charge in [-0.3, -0.25) is 9.59 Å². The number of nitrogens with one attached hydrogen (secondary N) is 1. The first-order valence-electron chi connectivity index (χ1n) is 6.92. The summed E-state index contributed by atoms with van der Waals surface area (Å²) in [7, 11) is 1.79. The van der Waals surface area contributed by atoms with Crippen molar-refractivity contribution in [3.8, 4) is 0 Å². The molecule has 0 spiro atoms. The molecule has 1 aromatic heterocycles. The fourth-order valence-corrected chi connectivity index (χ4v) is 2.64. The van der Waals surface area contributed by atoms with Crippen LogP contribution in [0.3, 0.4) is 0 Å². The largest absolute Gasteiger partial charge is 0.344 e. The maximum atomic E-state index is 12.4. The third-order valence-corrected chi connectivity index (χ3v) is 3.85. The van der Waals surface area contributed by atoms with E-state index >= 15 is 0 Å². The summed E-state index contributed by atoms with van der Waals surface area (Å²) < 4.78 is 0. The number of rotatable bonds is 6. The molecule has 1 atom stereocenters. The molecular formula is C15H24N2O2S. The van der Waals surface area contributed by atoms with Crippen LogP contribution in [0.1, 0.15) is 37.4 Å². The van der Waals surface area contributed by atoms with Crippen LogP contribution < -0.4 is 5.32 Å². The number of thiophene rings is 1. The molecule has 0 saturated heterocycles. The zero-order valence-electron chi connectivity index (χ0n) is 12.8. The maximum Gasteiger partial charge on any atom is 0.262 e. The summed E-state index contributed by atoms with van der Waals surface area (Å²) in [5, 5.41) is 4.71. The Morgan fingerprint density at radius 3 is 2.40 bits per heavy atom. The molecule has 1 unspecified atom stereocenters. The van der Waals surface area contributed by atoms with Crippen molar-refractivity contribution in [2.24, 2.45) is 11.8 Å². The molecule has 0 aromatic carbocycles. The van der Waals surface area contributed by atoms with Crippen LogP contribution in [0, 0.1) is 11.8 Å². The summed E-state index contributed by atoms with van der Waals surface area (Å²) in [5.41, 5.74) is 0. The van der Waals surface area contributed by atoms with Crippen LogP contribution in [0.15, 0.2) is 17.5 Å².